The van der Waals surface area contributed by atoms with Crippen LogP contribution in [-0.4, -0.2) is 27.2 Å². The molecule has 0 aliphatic carbocycles. The van der Waals surface area contributed by atoms with Crippen molar-refractivity contribution in [3.63, 3.8) is 0 Å². The van der Waals surface area contributed by atoms with E-state index < -0.39 is 23.4 Å². The van der Waals surface area contributed by atoms with Crippen molar-refractivity contribution < 1.29 is 42.1 Å². The van der Waals surface area contributed by atoms with E-state index in [2.05, 4.69) is 31.9 Å². The van der Waals surface area contributed by atoms with Crippen molar-refractivity contribution in [2.75, 3.05) is 0 Å². The highest BCUT2D eigenvalue weighted by atomic mass is 79.9. The van der Waals surface area contributed by atoms with Crippen LogP contribution >= 0.6 is 55.1 Å². The first-order valence-electron chi connectivity index (χ1n) is 17.1. The van der Waals surface area contributed by atoms with E-state index in [1.165, 1.54) is 37.3 Å². The molecule has 57 heavy (non-hydrogen) atoms. The van der Waals surface area contributed by atoms with Crippen LogP contribution in [0.3, 0.4) is 0 Å². The lowest BCUT2D eigenvalue weighted by atomic mass is 10.0. The summed E-state index contributed by atoms with van der Waals surface area (Å²) in [5.41, 5.74) is 2.84. The van der Waals surface area contributed by atoms with Gasteiger partial charge in [-0.15, -0.1) is 0 Å². The van der Waals surface area contributed by atoms with E-state index in [-0.39, 0.29) is 48.9 Å². The van der Waals surface area contributed by atoms with Crippen LogP contribution in [0.25, 0.3) is 16.9 Å². The number of carbonyl (C=O) groups is 3. The van der Waals surface area contributed by atoms with Gasteiger partial charge in [0.25, 0.3) is 0 Å². The van der Waals surface area contributed by atoms with Crippen LogP contribution in [0.1, 0.15) is 57.3 Å². The standard InChI is InChI=1S/C25H17BrClF2NO3.C18H15BrClFO3/c1-14-2-8-22(30(14)23-10-15(25(31)32)4-7-20(23)28)19-12-18(27)6-9-24(19)33-13-16-3-5-17(26)11-21(16)29;1-11(22)2-6-17(23)15-9-14(20)5-7-18(15)24-10-12-3-4-13(19)8-16(12)21/h2-12H,13H2,1H3,(H,31,32);3-5,7-9H,2,6,10H2,1H3. The molecule has 0 spiro atoms. The second-order valence-corrected chi connectivity index (χ2v) is 15.3. The van der Waals surface area contributed by atoms with Crippen LogP contribution in [0.15, 0.2) is 112 Å². The number of halogens is 7. The summed E-state index contributed by atoms with van der Waals surface area (Å²) < 4.78 is 57.3. The Morgan fingerprint density at radius 2 is 1.26 bits per heavy atom. The first-order valence-corrected chi connectivity index (χ1v) is 19.4. The Balaban J connectivity index is 0.000000230. The molecule has 14 heteroatoms. The van der Waals surface area contributed by atoms with E-state index in [1.807, 2.05) is 0 Å². The molecule has 294 valence electrons. The van der Waals surface area contributed by atoms with E-state index in [9.17, 15) is 32.7 Å². The average Bonchev–Trinajstić information content (AvgIpc) is 3.54. The summed E-state index contributed by atoms with van der Waals surface area (Å²) >= 11 is 18.6. The van der Waals surface area contributed by atoms with Crippen molar-refractivity contribution in [1.29, 1.82) is 0 Å². The molecular formula is C43H32Br2Cl2F3NO6. The molecule has 0 bridgehead atoms. The molecule has 0 atom stereocenters. The van der Waals surface area contributed by atoms with Gasteiger partial charge in [-0.2, -0.15) is 0 Å². The molecule has 0 aliphatic rings. The maximum atomic E-state index is 14.8. The normalized spacial score (nSPS) is 10.8. The second kappa shape index (κ2) is 19.5. The monoisotopic (exact) mass is 943 g/mol. The van der Waals surface area contributed by atoms with Crippen molar-refractivity contribution >= 4 is 72.6 Å². The highest BCUT2D eigenvalue weighted by Crippen LogP contribution is 2.37. The third-order valence-corrected chi connectivity index (χ3v) is 9.93. The summed E-state index contributed by atoms with van der Waals surface area (Å²) in [5.74, 6) is -2.13. The van der Waals surface area contributed by atoms with Crippen LogP contribution < -0.4 is 9.47 Å². The molecule has 0 radical (unpaired) electrons. The zero-order valence-electron chi connectivity index (χ0n) is 30.2. The van der Waals surface area contributed by atoms with Gasteiger partial charge in [-0.1, -0.05) is 67.2 Å². The number of nitrogens with zero attached hydrogens (tertiary/aromatic N) is 1. The zero-order chi connectivity index (χ0) is 41.4. The molecule has 5 aromatic carbocycles. The number of benzene rings is 5. The van der Waals surface area contributed by atoms with Gasteiger partial charge in [-0.05, 0) is 105 Å². The number of ketones is 2. The van der Waals surface area contributed by atoms with Gasteiger partial charge in [0.15, 0.2) is 5.78 Å². The topological polar surface area (TPSA) is 94.8 Å². The Morgan fingerprint density at radius 3 is 1.84 bits per heavy atom. The van der Waals surface area contributed by atoms with Crippen LogP contribution in [-0.2, 0) is 18.0 Å². The lowest BCUT2D eigenvalue weighted by Gasteiger charge is -2.17. The van der Waals surface area contributed by atoms with E-state index in [0.717, 1.165) is 6.07 Å². The number of carboxylic acid groups (broad SMARTS) is 1. The molecule has 0 saturated carbocycles. The fourth-order valence-electron chi connectivity index (χ4n) is 5.57. The SMILES string of the molecule is CC(=O)CCC(=O)c1cc(Cl)ccc1OCc1ccc(Br)cc1F.Cc1ccc(-c2cc(Cl)ccc2OCc2ccc(Br)cc2F)n1-c1cc(C(=O)O)ccc1F. The molecule has 0 amide bonds. The maximum Gasteiger partial charge on any atom is 0.335 e. The Kier molecular flexibility index (Phi) is 14.8. The molecule has 0 aliphatic heterocycles. The fourth-order valence-corrected chi connectivity index (χ4v) is 6.58. The molecule has 1 heterocycles. The van der Waals surface area contributed by atoms with Crippen LogP contribution in [0, 0.1) is 24.4 Å². The Labute approximate surface area is 353 Å². The smallest absolute Gasteiger partial charge is 0.335 e. The highest BCUT2D eigenvalue weighted by molar-refractivity contribution is 9.10. The molecule has 6 rings (SSSR count). The summed E-state index contributed by atoms with van der Waals surface area (Å²) in [4.78, 5) is 34.8. The molecule has 0 unspecified atom stereocenters. The Morgan fingerprint density at radius 1 is 0.684 bits per heavy atom. The number of hydrogen-bond acceptors (Lipinski definition) is 5. The number of aryl methyl sites for hydroxylation is 1. The number of aromatic carboxylic acids is 1. The first kappa shape index (κ1) is 43.2. The van der Waals surface area contributed by atoms with Crippen LogP contribution in [0.4, 0.5) is 13.2 Å². The predicted octanol–water partition coefficient (Wildman–Crippen LogP) is 12.8. The van der Waals surface area contributed by atoms with Crippen molar-refractivity contribution in [2.45, 2.75) is 39.9 Å². The molecule has 6 aromatic rings. The van der Waals surface area contributed by atoms with Gasteiger partial charge in [-0.25, -0.2) is 18.0 Å². The van der Waals surface area contributed by atoms with Crippen molar-refractivity contribution in [3.05, 3.63) is 168 Å². The lowest BCUT2D eigenvalue weighted by molar-refractivity contribution is -0.117. The number of carboxylic acids is 1. The number of Topliss-reactive ketones (excluding diaryl/α,β-unsaturated/α-hetero) is 2. The van der Waals surface area contributed by atoms with E-state index >= 15 is 0 Å². The van der Waals surface area contributed by atoms with Crippen molar-refractivity contribution in [3.8, 4) is 28.4 Å². The molecule has 0 fully saturated rings. The number of ether oxygens (including phenoxy) is 2. The molecule has 0 saturated heterocycles. The summed E-state index contributed by atoms with van der Waals surface area (Å²) in [6, 6.07) is 26.1. The van der Waals surface area contributed by atoms with Gasteiger partial charge in [0.2, 0.25) is 0 Å². The van der Waals surface area contributed by atoms with Gasteiger partial charge in [0.05, 0.1) is 22.5 Å². The van der Waals surface area contributed by atoms with Crippen LogP contribution in [0.5, 0.6) is 11.5 Å². The highest BCUT2D eigenvalue weighted by Gasteiger charge is 2.20. The molecule has 7 nitrogen and oxygen atoms in total. The van der Waals surface area contributed by atoms with Gasteiger partial charge in [0.1, 0.15) is 47.9 Å². The van der Waals surface area contributed by atoms with E-state index in [4.69, 9.17) is 32.7 Å². The second-order valence-electron chi connectivity index (χ2n) is 12.6. The van der Waals surface area contributed by atoms with Gasteiger partial charge in [0, 0.05) is 54.2 Å². The quantitative estimate of drug-likeness (QED) is 0.116. The third-order valence-electron chi connectivity index (χ3n) is 8.47. The minimum atomic E-state index is -1.16. The summed E-state index contributed by atoms with van der Waals surface area (Å²) in [6.07, 6.45) is 0.241. The van der Waals surface area contributed by atoms with Crippen LogP contribution in [0.2, 0.25) is 10.0 Å². The number of rotatable bonds is 13. The van der Waals surface area contributed by atoms with Gasteiger partial charge >= 0.3 is 5.97 Å². The predicted molar refractivity (Wildman–Crippen MR) is 220 cm³/mol. The third kappa shape index (κ3) is 11.4. The summed E-state index contributed by atoms with van der Waals surface area (Å²) in [6.45, 7) is 3.15. The van der Waals surface area contributed by atoms with E-state index in [1.54, 1.807) is 78.2 Å². The Hall–Kier alpha value is -4.88. The van der Waals surface area contributed by atoms with Gasteiger partial charge in [-0.3, -0.25) is 4.79 Å². The van der Waals surface area contributed by atoms with E-state index in [0.29, 0.717) is 64.1 Å². The number of carbonyl (C=O) groups excluding carboxylic acids is 2. The molecule has 1 aromatic heterocycles. The number of hydrogen-bond donors (Lipinski definition) is 1. The Bertz CT molecular complexity index is 2470. The van der Waals surface area contributed by atoms with Crippen molar-refractivity contribution in [1.82, 2.24) is 4.57 Å². The fraction of sp³-hybridized carbons (Fsp3) is 0.140. The summed E-state index contributed by atoms with van der Waals surface area (Å²) in [7, 11) is 0. The maximum absolute atomic E-state index is 14.8. The minimum Gasteiger partial charge on any atom is -0.488 e. The number of aromatic nitrogens is 1. The lowest BCUT2D eigenvalue weighted by Crippen LogP contribution is -2.07. The average molecular weight is 946 g/mol. The summed E-state index contributed by atoms with van der Waals surface area (Å²) in [5, 5.41) is 10.2. The largest absolute Gasteiger partial charge is 0.488 e. The van der Waals surface area contributed by atoms with Gasteiger partial charge < -0.3 is 23.9 Å². The minimum absolute atomic E-state index is 0.0201. The van der Waals surface area contributed by atoms with Crippen molar-refractivity contribution in [2.24, 2.45) is 0 Å². The zero-order valence-corrected chi connectivity index (χ0v) is 34.9. The molecular weight excluding hydrogens is 914 g/mol. The first-order chi connectivity index (χ1) is 27.1. The molecule has 1 N–H and O–H groups in total.